The van der Waals surface area contributed by atoms with E-state index in [-0.39, 0.29) is 6.04 Å². The Morgan fingerprint density at radius 1 is 0.963 bits per heavy atom. The molecule has 5 nitrogen and oxygen atoms in total. The molecule has 1 aliphatic heterocycles. The Hall–Kier alpha value is -2.05. The highest BCUT2D eigenvalue weighted by Crippen LogP contribution is 2.40. The van der Waals surface area contributed by atoms with E-state index in [1.165, 1.54) is 0 Å². The summed E-state index contributed by atoms with van der Waals surface area (Å²) in [5.41, 5.74) is 4.71. The maximum atomic E-state index is 13.5. The van der Waals surface area contributed by atoms with Crippen molar-refractivity contribution in [3.8, 4) is 11.5 Å². The number of hydrogen-bond acceptors (Lipinski definition) is 4. The van der Waals surface area contributed by atoms with Crippen LogP contribution in [0.4, 0.5) is 0 Å². The second-order valence-corrected chi connectivity index (χ2v) is 9.00. The van der Waals surface area contributed by atoms with Gasteiger partial charge in [-0.3, -0.25) is 0 Å². The Balaban J connectivity index is 2.08. The third-order valence-corrected chi connectivity index (χ3v) is 7.58. The van der Waals surface area contributed by atoms with Gasteiger partial charge >= 0.3 is 0 Å². The van der Waals surface area contributed by atoms with Crippen LogP contribution in [-0.2, 0) is 16.4 Å². The molecule has 1 heterocycles. The normalized spacial score (nSPS) is 17.5. The summed E-state index contributed by atoms with van der Waals surface area (Å²) in [4.78, 5) is 0.420. The van der Waals surface area contributed by atoms with E-state index in [1.807, 2.05) is 52.0 Å². The van der Waals surface area contributed by atoms with Crippen molar-refractivity contribution < 1.29 is 17.9 Å². The fourth-order valence-electron chi connectivity index (χ4n) is 4.14. The minimum absolute atomic E-state index is 0.279. The number of sulfonamides is 1. The van der Waals surface area contributed by atoms with Crippen LogP contribution in [0.5, 0.6) is 11.5 Å². The summed E-state index contributed by atoms with van der Waals surface area (Å²) in [6.07, 6.45) is 0.642. The molecule has 6 heteroatoms. The standard InChI is InChI=1S/C21H27NO4S/c1-13-9-14(2)21(15(3)10-13)27(23,24)22-8-7-17-11-19(25-5)20(26-6)12-18(17)16(22)4/h9-12,16H,7-8H2,1-6H3/t16-/m0/s1. The maximum absolute atomic E-state index is 13.5. The third-order valence-electron chi connectivity index (χ3n) is 5.30. The first-order valence-corrected chi connectivity index (χ1v) is 10.5. The van der Waals surface area contributed by atoms with E-state index in [9.17, 15) is 8.42 Å². The Morgan fingerprint density at radius 2 is 1.52 bits per heavy atom. The van der Waals surface area contributed by atoms with Crippen molar-refractivity contribution in [1.82, 2.24) is 4.31 Å². The molecule has 0 radical (unpaired) electrons. The van der Waals surface area contributed by atoms with Crippen molar-refractivity contribution >= 4 is 10.0 Å². The number of ether oxygens (including phenoxy) is 2. The fraction of sp³-hybridized carbons (Fsp3) is 0.429. The van der Waals surface area contributed by atoms with Crippen LogP contribution < -0.4 is 9.47 Å². The second-order valence-electron chi connectivity index (χ2n) is 7.18. The highest BCUT2D eigenvalue weighted by molar-refractivity contribution is 7.89. The van der Waals surface area contributed by atoms with E-state index in [0.717, 1.165) is 27.8 Å². The summed E-state index contributed by atoms with van der Waals surface area (Å²) < 4.78 is 39.4. The van der Waals surface area contributed by atoms with E-state index in [1.54, 1.807) is 18.5 Å². The number of hydrogen-bond donors (Lipinski definition) is 0. The lowest BCUT2D eigenvalue weighted by atomic mass is 9.94. The Morgan fingerprint density at radius 3 is 2.07 bits per heavy atom. The van der Waals surface area contributed by atoms with Gasteiger partial charge in [0.2, 0.25) is 10.0 Å². The topological polar surface area (TPSA) is 55.8 Å². The van der Waals surface area contributed by atoms with Gasteiger partial charge < -0.3 is 9.47 Å². The molecule has 0 fully saturated rings. The molecule has 3 rings (SSSR count). The Labute approximate surface area is 162 Å². The summed E-state index contributed by atoms with van der Waals surface area (Å²) in [5, 5.41) is 0. The zero-order valence-corrected chi connectivity index (χ0v) is 17.6. The second kappa shape index (κ2) is 7.17. The van der Waals surface area contributed by atoms with Gasteiger partial charge in [0.05, 0.1) is 19.1 Å². The van der Waals surface area contributed by atoms with Crippen LogP contribution in [-0.4, -0.2) is 33.5 Å². The minimum atomic E-state index is -3.61. The monoisotopic (exact) mass is 389 g/mol. The minimum Gasteiger partial charge on any atom is -0.493 e. The summed E-state index contributed by atoms with van der Waals surface area (Å²) >= 11 is 0. The van der Waals surface area contributed by atoms with Crippen LogP contribution in [0.25, 0.3) is 0 Å². The number of benzene rings is 2. The molecule has 0 aromatic heterocycles. The van der Waals surface area contributed by atoms with E-state index in [2.05, 4.69) is 0 Å². The molecular formula is C21H27NO4S. The molecule has 0 saturated heterocycles. The van der Waals surface area contributed by atoms with Crippen molar-refractivity contribution in [2.24, 2.45) is 0 Å². The highest BCUT2D eigenvalue weighted by Gasteiger charge is 2.36. The van der Waals surface area contributed by atoms with Gasteiger partial charge in [0.1, 0.15) is 0 Å². The van der Waals surface area contributed by atoms with Crippen LogP contribution >= 0.6 is 0 Å². The van der Waals surface area contributed by atoms with Crippen LogP contribution in [0, 0.1) is 20.8 Å². The average Bonchev–Trinajstić information content (AvgIpc) is 2.59. The average molecular weight is 390 g/mol. The summed E-state index contributed by atoms with van der Waals surface area (Å²) in [5.74, 6) is 1.29. The number of nitrogens with zero attached hydrogens (tertiary/aromatic N) is 1. The molecule has 0 bridgehead atoms. The van der Waals surface area contributed by atoms with Gasteiger partial charge in [0.25, 0.3) is 0 Å². The van der Waals surface area contributed by atoms with Gasteiger partial charge in [-0.2, -0.15) is 4.31 Å². The molecular weight excluding hydrogens is 362 g/mol. The van der Waals surface area contributed by atoms with Crippen LogP contribution in [0.3, 0.4) is 0 Å². The van der Waals surface area contributed by atoms with Crippen molar-refractivity contribution in [3.63, 3.8) is 0 Å². The van der Waals surface area contributed by atoms with Gasteiger partial charge in [0, 0.05) is 12.6 Å². The van der Waals surface area contributed by atoms with Crippen LogP contribution in [0.1, 0.15) is 40.8 Å². The Kier molecular flexibility index (Phi) is 5.23. The lowest BCUT2D eigenvalue weighted by molar-refractivity contribution is 0.318. The van der Waals surface area contributed by atoms with Gasteiger partial charge in [0.15, 0.2) is 11.5 Å². The molecule has 0 spiro atoms. The highest BCUT2D eigenvalue weighted by atomic mass is 32.2. The predicted octanol–water partition coefficient (Wildman–Crippen LogP) is 3.94. The zero-order chi connectivity index (χ0) is 19.9. The molecule has 0 saturated carbocycles. The molecule has 0 aliphatic carbocycles. The molecule has 1 aliphatic rings. The zero-order valence-electron chi connectivity index (χ0n) is 16.8. The van der Waals surface area contributed by atoms with E-state index in [0.29, 0.717) is 29.4 Å². The van der Waals surface area contributed by atoms with E-state index in [4.69, 9.17) is 9.47 Å². The maximum Gasteiger partial charge on any atom is 0.244 e. The first-order valence-electron chi connectivity index (χ1n) is 9.05. The van der Waals surface area contributed by atoms with Gasteiger partial charge in [-0.05, 0) is 68.5 Å². The first-order chi connectivity index (χ1) is 12.7. The van der Waals surface area contributed by atoms with E-state index >= 15 is 0 Å². The quantitative estimate of drug-likeness (QED) is 0.795. The third kappa shape index (κ3) is 3.32. The smallest absolute Gasteiger partial charge is 0.244 e. The predicted molar refractivity (Wildman–Crippen MR) is 106 cm³/mol. The van der Waals surface area contributed by atoms with Crippen molar-refractivity contribution in [3.05, 3.63) is 52.1 Å². The van der Waals surface area contributed by atoms with Crippen molar-refractivity contribution in [2.75, 3.05) is 20.8 Å². The summed E-state index contributed by atoms with van der Waals surface area (Å²) in [6.45, 7) is 8.08. The fourth-order valence-corrected chi connectivity index (χ4v) is 6.17. The lowest BCUT2D eigenvalue weighted by Gasteiger charge is -2.35. The number of rotatable bonds is 4. The lowest BCUT2D eigenvalue weighted by Crippen LogP contribution is -2.39. The van der Waals surface area contributed by atoms with Crippen LogP contribution in [0.2, 0.25) is 0 Å². The number of aryl methyl sites for hydroxylation is 3. The molecule has 0 N–H and O–H groups in total. The van der Waals surface area contributed by atoms with E-state index < -0.39 is 10.0 Å². The van der Waals surface area contributed by atoms with Crippen molar-refractivity contribution in [1.29, 1.82) is 0 Å². The molecule has 27 heavy (non-hydrogen) atoms. The van der Waals surface area contributed by atoms with Gasteiger partial charge in [-0.25, -0.2) is 8.42 Å². The SMILES string of the molecule is COc1cc2c(cc1OC)[C@H](C)N(S(=O)(=O)c1c(C)cc(C)cc1C)CC2. The molecule has 0 unspecified atom stereocenters. The largest absolute Gasteiger partial charge is 0.493 e. The number of methoxy groups -OCH3 is 2. The molecule has 2 aromatic carbocycles. The summed E-state index contributed by atoms with van der Waals surface area (Å²) in [7, 11) is -0.410. The first kappa shape index (κ1) is 19.7. The Bertz CT molecular complexity index is 959. The van der Waals surface area contributed by atoms with Crippen molar-refractivity contribution in [2.45, 2.75) is 45.1 Å². The summed E-state index contributed by atoms with van der Waals surface area (Å²) in [6, 6.07) is 7.43. The molecule has 0 amide bonds. The molecule has 1 atom stereocenters. The number of fused-ring (bicyclic) bond motifs is 1. The molecule has 2 aromatic rings. The van der Waals surface area contributed by atoms with Crippen LogP contribution in [0.15, 0.2) is 29.2 Å². The van der Waals surface area contributed by atoms with Gasteiger partial charge in [-0.15, -0.1) is 0 Å². The van der Waals surface area contributed by atoms with Gasteiger partial charge in [-0.1, -0.05) is 17.7 Å². The molecule has 146 valence electrons.